The molecule has 30 heavy (non-hydrogen) atoms. The number of unbranched alkanes of at least 4 members (excludes halogenated alkanes) is 7. The molecule has 0 fully saturated rings. The number of nitrogens with zero attached hydrogens (tertiary/aromatic N) is 2. The van der Waals surface area contributed by atoms with E-state index in [9.17, 15) is 0 Å². The van der Waals surface area contributed by atoms with Gasteiger partial charge in [0.05, 0.1) is 0 Å². The number of pyridine rings is 2. The maximum atomic E-state index is 2.32. The molecule has 2 aromatic heterocycles. The molecule has 0 aliphatic carbocycles. The molecular weight excluding hydrogens is 404 g/mol. The van der Waals surface area contributed by atoms with Crippen molar-refractivity contribution in [3.05, 3.63) is 49.1 Å². The van der Waals surface area contributed by atoms with Gasteiger partial charge in [0, 0.05) is 46.9 Å². The summed E-state index contributed by atoms with van der Waals surface area (Å²) in [5, 5.41) is 0. The van der Waals surface area contributed by atoms with Gasteiger partial charge < -0.3 is 0 Å². The summed E-state index contributed by atoms with van der Waals surface area (Å²) < 4.78 is 4.65. The van der Waals surface area contributed by atoms with Crippen LogP contribution in [-0.4, -0.2) is 11.5 Å². The Hall–Kier alpha value is -1.00. The lowest BCUT2D eigenvalue weighted by Crippen LogP contribution is -2.32. The SMILES string of the molecule is CCCCCC[n+]1ccc(SCCCCSc2cc[n+](CCCCCC)cc2)cc1. The van der Waals surface area contributed by atoms with Crippen LogP contribution in [0.1, 0.15) is 78.1 Å². The third-order valence-electron chi connectivity index (χ3n) is 5.34. The van der Waals surface area contributed by atoms with Crippen LogP contribution in [0.2, 0.25) is 0 Å². The summed E-state index contributed by atoms with van der Waals surface area (Å²) in [5.41, 5.74) is 0. The Morgan fingerprint density at radius 2 is 0.933 bits per heavy atom. The number of hydrogen-bond donors (Lipinski definition) is 0. The Kier molecular flexibility index (Phi) is 14.0. The van der Waals surface area contributed by atoms with Crippen LogP contribution in [0, 0.1) is 0 Å². The molecular formula is C26H42N2S2+2. The van der Waals surface area contributed by atoms with Crippen LogP contribution in [0.3, 0.4) is 0 Å². The molecule has 0 saturated heterocycles. The van der Waals surface area contributed by atoms with E-state index in [4.69, 9.17) is 0 Å². The fourth-order valence-corrected chi connectivity index (χ4v) is 5.20. The van der Waals surface area contributed by atoms with Crippen molar-refractivity contribution in [2.24, 2.45) is 0 Å². The van der Waals surface area contributed by atoms with Gasteiger partial charge in [0.15, 0.2) is 24.8 Å². The summed E-state index contributed by atoms with van der Waals surface area (Å²) in [4.78, 5) is 2.80. The van der Waals surface area contributed by atoms with Gasteiger partial charge in [-0.1, -0.05) is 39.5 Å². The Balaban J connectivity index is 1.52. The lowest BCUT2D eigenvalue weighted by Gasteiger charge is -2.03. The maximum absolute atomic E-state index is 2.32. The summed E-state index contributed by atoms with van der Waals surface area (Å²) in [7, 11) is 0. The predicted octanol–water partition coefficient (Wildman–Crippen LogP) is 7.09. The van der Waals surface area contributed by atoms with Crippen molar-refractivity contribution in [3.8, 4) is 0 Å². The first-order valence-electron chi connectivity index (χ1n) is 12.1. The largest absolute Gasteiger partial charge is 0.205 e. The molecule has 0 bridgehead atoms. The summed E-state index contributed by atoms with van der Waals surface area (Å²) in [6.45, 7) is 6.84. The highest BCUT2D eigenvalue weighted by atomic mass is 32.2. The first-order chi connectivity index (χ1) is 14.8. The van der Waals surface area contributed by atoms with E-state index < -0.39 is 0 Å². The zero-order chi connectivity index (χ0) is 21.3. The molecule has 0 amide bonds. The van der Waals surface area contributed by atoms with Crippen molar-refractivity contribution in [3.63, 3.8) is 0 Å². The first kappa shape index (κ1) is 25.3. The van der Waals surface area contributed by atoms with Crippen LogP contribution in [0.5, 0.6) is 0 Å². The van der Waals surface area contributed by atoms with E-state index >= 15 is 0 Å². The minimum Gasteiger partial charge on any atom is -0.205 e. The standard InChI is InChI=1S/C26H42N2S2/c1-3-5-7-9-17-27-19-13-25(14-20-27)29-23-11-12-24-30-26-15-21-28(22-16-26)18-10-8-6-4-2/h13-16,19-22H,3-12,17-18,23-24H2,1-2H3/q+2. The Morgan fingerprint density at radius 3 is 1.30 bits per heavy atom. The molecule has 0 aliphatic heterocycles. The predicted molar refractivity (Wildman–Crippen MR) is 132 cm³/mol. The number of thioether (sulfide) groups is 2. The molecule has 0 saturated carbocycles. The highest BCUT2D eigenvalue weighted by molar-refractivity contribution is 7.99. The minimum absolute atomic E-state index is 1.15. The van der Waals surface area contributed by atoms with Crippen LogP contribution in [0.15, 0.2) is 58.8 Å². The van der Waals surface area contributed by atoms with E-state index in [1.165, 1.54) is 85.5 Å². The van der Waals surface area contributed by atoms with Crippen molar-refractivity contribution < 1.29 is 9.13 Å². The topological polar surface area (TPSA) is 7.76 Å². The summed E-state index contributed by atoms with van der Waals surface area (Å²) in [6, 6.07) is 9.11. The average Bonchev–Trinajstić information content (AvgIpc) is 2.78. The lowest BCUT2D eigenvalue weighted by molar-refractivity contribution is -0.697. The van der Waals surface area contributed by atoms with E-state index in [1.54, 1.807) is 0 Å². The fraction of sp³-hybridized carbons (Fsp3) is 0.615. The highest BCUT2D eigenvalue weighted by Gasteiger charge is 2.03. The van der Waals surface area contributed by atoms with E-state index in [-0.39, 0.29) is 0 Å². The maximum Gasteiger partial charge on any atom is 0.169 e. The Morgan fingerprint density at radius 1 is 0.533 bits per heavy atom. The molecule has 0 radical (unpaired) electrons. The van der Waals surface area contributed by atoms with Gasteiger partial charge in [-0.25, -0.2) is 9.13 Å². The molecule has 2 aromatic rings. The van der Waals surface area contributed by atoms with Crippen molar-refractivity contribution >= 4 is 23.5 Å². The normalized spacial score (nSPS) is 11.1. The molecule has 4 heteroatoms. The molecule has 166 valence electrons. The second kappa shape index (κ2) is 16.7. The second-order valence-electron chi connectivity index (χ2n) is 8.07. The molecule has 2 nitrogen and oxygen atoms in total. The van der Waals surface area contributed by atoms with Crippen molar-refractivity contribution in [1.29, 1.82) is 0 Å². The Bertz CT molecular complexity index is 596. The van der Waals surface area contributed by atoms with Crippen molar-refractivity contribution in [2.45, 2.75) is 101 Å². The highest BCUT2D eigenvalue weighted by Crippen LogP contribution is 2.21. The smallest absolute Gasteiger partial charge is 0.169 e. The Labute approximate surface area is 193 Å². The number of aromatic nitrogens is 2. The van der Waals surface area contributed by atoms with Crippen LogP contribution in [0.4, 0.5) is 0 Å². The van der Waals surface area contributed by atoms with Crippen molar-refractivity contribution in [1.82, 2.24) is 0 Å². The van der Waals surface area contributed by atoms with Crippen LogP contribution in [-0.2, 0) is 13.1 Å². The second-order valence-corrected chi connectivity index (χ2v) is 10.4. The quantitative estimate of drug-likeness (QED) is 0.146. The number of aryl methyl sites for hydroxylation is 2. The molecule has 0 spiro atoms. The van der Waals surface area contributed by atoms with Gasteiger partial charge >= 0.3 is 0 Å². The molecule has 0 atom stereocenters. The lowest BCUT2D eigenvalue weighted by atomic mass is 10.2. The molecule has 2 rings (SSSR count). The average molecular weight is 447 g/mol. The van der Waals surface area contributed by atoms with Gasteiger partial charge in [-0.05, 0) is 37.2 Å². The van der Waals surface area contributed by atoms with Gasteiger partial charge in [0.1, 0.15) is 13.1 Å². The zero-order valence-electron chi connectivity index (χ0n) is 19.2. The van der Waals surface area contributed by atoms with Gasteiger partial charge in [0.25, 0.3) is 0 Å². The van der Waals surface area contributed by atoms with E-state index in [0.717, 1.165) is 13.1 Å². The van der Waals surface area contributed by atoms with E-state index in [0.29, 0.717) is 0 Å². The molecule has 0 aromatic carbocycles. The van der Waals surface area contributed by atoms with Crippen molar-refractivity contribution in [2.75, 3.05) is 11.5 Å². The fourth-order valence-electron chi connectivity index (χ4n) is 3.40. The van der Waals surface area contributed by atoms with Crippen LogP contribution < -0.4 is 9.13 Å². The summed E-state index contributed by atoms with van der Waals surface area (Å²) in [6.07, 6.45) is 22.2. The molecule has 2 heterocycles. The third-order valence-corrected chi connectivity index (χ3v) is 7.53. The summed E-state index contributed by atoms with van der Waals surface area (Å²) >= 11 is 3.99. The third kappa shape index (κ3) is 11.4. The van der Waals surface area contributed by atoms with Gasteiger partial charge in [-0.3, -0.25) is 0 Å². The van der Waals surface area contributed by atoms with Crippen LogP contribution >= 0.6 is 23.5 Å². The zero-order valence-corrected chi connectivity index (χ0v) is 20.9. The van der Waals surface area contributed by atoms with Gasteiger partial charge in [-0.15, -0.1) is 23.5 Å². The van der Waals surface area contributed by atoms with E-state index in [1.807, 2.05) is 23.5 Å². The first-order valence-corrected chi connectivity index (χ1v) is 14.0. The van der Waals surface area contributed by atoms with Gasteiger partial charge in [0.2, 0.25) is 0 Å². The number of hydrogen-bond acceptors (Lipinski definition) is 2. The van der Waals surface area contributed by atoms with Crippen LogP contribution in [0.25, 0.3) is 0 Å². The summed E-state index contributed by atoms with van der Waals surface area (Å²) in [5.74, 6) is 2.43. The molecule has 0 N–H and O–H groups in total. The number of rotatable bonds is 17. The monoisotopic (exact) mass is 446 g/mol. The minimum atomic E-state index is 1.15. The molecule has 0 aliphatic rings. The molecule has 0 unspecified atom stereocenters. The van der Waals surface area contributed by atoms with E-state index in [2.05, 4.69) is 72.0 Å². The van der Waals surface area contributed by atoms with Gasteiger partial charge in [-0.2, -0.15) is 0 Å².